The quantitative estimate of drug-likeness (QED) is 0.773. The molecule has 1 heterocycles. The highest BCUT2D eigenvalue weighted by Gasteiger charge is 2.16. The van der Waals surface area contributed by atoms with Crippen molar-refractivity contribution < 1.29 is 9.90 Å². The fourth-order valence-corrected chi connectivity index (χ4v) is 2.34. The Balaban J connectivity index is 2.78. The molecule has 72 valence electrons. The SMILES string of the molecule is Cc1ccsc1[C@H](CN)CC(=O)O. The molecule has 0 aliphatic rings. The first-order valence-electron chi connectivity index (χ1n) is 4.11. The van der Waals surface area contributed by atoms with Crippen molar-refractivity contribution in [2.75, 3.05) is 6.54 Å². The third-order valence-corrected chi connectivity index (χ3v) is 3.16. The van der Waals surface area contributed by atoms with E-state index in [4.69, 9.17) is 10.8 Å². The van der Waals surface area contributed by atoms with Gasteiger partial charge in [-0.3, -0.25) is 4.79 Å². The van der Waals surface area contributed by atoms with Crippen LogP contribution < -0.4 is 5.73 Å². The Bertz CT molecular complexity index is 296. The monoisotopic (exact) mass is 199 g/mol. The van der Waals surface area contributed by atoms with Crippen LogP contribution in [0.25, 0.3) is 0 Å². The summed E-state index contributed by atoms with van der Waals surface area (Å²) >= 11 is 1.58. The molecule has 0 saturated heterocycles. The molecule has 0 spiro atoms. The highest BCUT2D eigenvalue weighted by molar-refractivity contribution is 7.10. The van der Waals surface area contributed by atoms with E-state index >= 15 is 0 Å². The maximum absolute atomic E-state index is 10.5. The van der Waals surface area contributed by atoms with Crippen molar-refractivity contribution in [1.29, 1.82) is 0 Å². The van der Waals surface area contributed by atoms with Gasteiger partial charge in [0.15, 0.2) is 0 Å². The number of carboxylic acids is 1. The molecule has 0 aromatic carbocycles. The van der Waals surface area contributed by atoms with Gasteiger partial charge in [-0.1, -0.05) is 0 Å². The molecule has 1 aromatic rings. The van der Waals surface area contributed by atoms with Gasteiger partial charge in [0, 0.05) is 17.3 Å². The first kappa shape index (κ1) is 10.2. The summed E-state index contributed by atoms with van der Waals surface area (Å²) in [7, 11) is 0. The maximum atomic E-state index is 10.5. The van der Waals surface area contributed by atoms with Crippen molar-refractivity contribution in [3.8, 4) is 0 Å². The van der Waals surface area contributed by atoms with E-state index in [0.717, 1.165) is 10.4 Å². The number of nitrogens with two attached hydrogens (primary N) is 1. The van der Waals surface area contributed by atoms with Gasteiger partial charge >= 0.3 is 5.97 Å². The number of rotatable bonds is 4. The topological polar surface area (TPSA) is 63.3 Å². The average Bonchev–Trinajstić information content (AvgIpc) is 2.47. The molecule has 0 aliphatic carbocycles. The zero-order valence-electron chi connectivity index (χ0n) is 7.49. The lowest BCUT2D eigenvalue weighted by atomic mass is 10.0. The highest BCUT2D eigenvalue weighted by Crippen LogP contribution is 2.27. The minimum absolute atomic E-state index is 0.0301. The van der Waals surface area contributed by atoms with Crippen LogP contribution in [0.5, 0.6) is 0 Å². The Hall–Kier alpha value is -0.870. The first-order chi connectivity index (χ1) is 6.15. The summed E-state index contributed by atoms with van der Waals surface area (Å²) < 4.78 is 0. The molecular formula is C9H13NO2S. The largest absolute Gasteiger partial charge is 0.481 e. The van der Waals surface area contributed by atoms with Gasteiger partial charge in [-0.15, -0.1) is 11.3 Å². The second kappa shape index (κ2) is 4.39. The van der Waals surface area contributed by atoms with Crippen molar-refractivity contribution in [3.05, 3.63) is 21.9 Å². The lowest BCUT2D eigenvalue weighted by Crippen LogP contribution is -2.15. The third kappa shape index (κ3) is 2.54. The number of carboxylic acid groups (broad SMARTS) is 1. The van der Waals surface area contributed by atoms with E-state index < -0.39 is 5.97 Å². The lowest BCUT2D eigenvalue weighted by molar-refractivity contribution is -0.137. The fraction of sp³-hybridized carbons (Fsp3) is 0.444. The minimum Gasteiger partial charge on any atom is -0.481 e. The standard InChI is InChI=1S/C9H13NO2S/c1-6-2-3-13-9(6)7(5-10)4-8(11)12/h2-3,7H,4-5,10H2,1H3,(H,11,12)/t7-/m0/s1. The molecule has 0 fully saturated rings. The van der Waals surface area contributed by atoms with Gasteiger partial charge < -0.3 is 10.8 Å². The molecule has 3 N–H and O–H groups in total. The van der Waals surface area contributed by atoms with Crippen molar-refractivity contribution in [2.45, 2.75) is 19.3 Å². The van der Waals surface area contributed by atoms with Crippen LogP contribution in [0.15, 0.2) is 11.4 Å². The summed E-state index contributed by atoms with van der Waals surface area (Å²) in [6.07, 6.45) is 0.123. The van der Waals surface area contributed by atoms with E-state index in [1.807, 2.05) is 18.4 Å². The van der Waals surface area contributed by atoms with Crippen molar-refractivity contribution in [2.24, 2.45) is 5.73 Å². The minimum atomic E-state index is -0.789. The average molecular weight is 199 g/mol. The van der Waals surface area contributed by atoms with E-state index in [1.165, 1.54) is 0 Å². The van der Waals surface area contributed by atoms with Gasteiger partial charge in [-0.2, -0.15) is 0 Å². The lowest BCUT2D eigenvalue weighted by Gasteiger charge is -2.10. The van der Waals surface area contributed by atoms with Crippen LogP contribution in [-0.4, -0.2) is 17.6 Å². The van der Waals surface area contributed by atoms with Gasteiger partial charge in [0.1, 0.15) is 0 Å². The van der Waals surface area contributed by atoms with E-state index in [2.05, 4.69) is 0 Å². The van der Waals surface area contributed by atoms with E-state index in [-0.39, 0.29) is 12.3 Å². The smallest absolute Gasteiger partial charge is 0.304 e. The number of hydrogen-bond donors (Lipinski definition) is 2. The zero-order valence-corrected chi connectivity index (χ0v) is 8.30. The van der Waals surface area contributed by atoms with E-state index in [9.17, 15) is 4.79 Å². The predicted octanol–water partition coefficient (Wildman–Crippen LogP) is 1.57. The summed E-state index contributed by atoms with van der Waals surface area (Å²) in [5.41, 5.74) is 6.66. The summed E-state index contributed by atoms with van der Waals surface area (Å²) in [5.74, 6) is -0.819. The Kier molecular flexibility index (Phi) is 3.45. The molecule has 1 atom stereocenters. The summed E-state index contributed by atoms with van der Waals surface area (Å²) in [6.45, 7) is 2.38. The van der Waals surface area contributed by atoms with Crippen molar-refractivity contribution in [1.82, 2.24) is 0 Å². The maximum Gasteiger partial charge on any atom is 0.304 e. The van der Waals surface area contributed by atoms with E-state index in [1.54, 1.807) is 11.3 Å². The normalized spacial score (nSPS) is 12.8. The van der Waals surface area contributed by atoms with Crippen LogP contribution in [0.1, 0.15) is 22.8 Å². The highest BCUT2D eigenvalue weighted by atomic mass is 32.1. The Morgan fingerprint density at radius 2 is 2.46 bits per heavy atom. The van der Waals surface area contributed by atoms with Crippen LogP contribution >= 0.6 is 11.3 Å². The number of thiophene rings is 1. The molecule has 1 rings (SSSR count). The molecule has 4 heteroatoms. The summed E-state index contributed by atoms with van der Waals surface area (Å²) in [5, 5.41) is 10.6. The summed E-state index contributed by atoms with van der Waals surface area (Å²) in [4.78, 5) is 11.6. The van der Waals surface area contributed by atoms with Gasteiger partial charge in [-0.25, -0.2) is 0 Å². The molecule has 0 amide bonds. The molecule has 3 nitrogen and oxygen atoms in total. The van der Waals surface area contributed by atoms with Gasteiger partial charge in [-0.05, 0) is 23.9 Å². The fourth-order valence-electron chi connectivity index (χ4n) is 1.30. The van der Waals surface area contributed by atoms with Gasteiger partial charge in [0.05, 0.1) is 6.42 Å². The van der Waals surface area contributed by atoms with Crippen LogP contribution in [0.2, 0.25) is 0 Å². The molecule has 0 aliphatic heterocycles. The first-order valence-corrected chi connectivity index (χ1v) is 4.99. The van der Waals surface area contributed by atoms with Crippen LogP contribution in [0.4, 0.5) is 0 Å². The van der Waals surface area contributed by atoms with Gasteiger partial charge in [0.25, 0.3) is 0 Å². The Morgan fingerprint density at radius 3 is 2.85 bits per heavy atom. The summed E-state index contributed by atoms with van der Waals surface area (Å²) in [6, 6.07) is 1.99. The predicted molar refractivity (Wildman–Crippen MR) is 53.1 cm³/mol. The van der Waals surface area contributed by atoms with E-state index in [0.29, 0.717) is 6.54 Å². The molecule has 0 radical (unpaired) electrons. The number of aliphatic carboxylic acids is 1. The third-order valence-electron chi connectivity index (χ3n) is 1.98. The second-order valence-electron chi connectivity index (χ2n) is 3.00. The Labute approximate surface area is 81.2 Å². The van der Waals surface area contributed by atoms with Gasteiger partial charge in [0.2, 0.25) is 0 Å². The molecule has 0 unspecified atom stereocenters. The Morgan fingerprint density at radius 1 is 1.77 bits per heavy atom. The van der Waals surface area contributed by atoms with Crippen molar-refractivity contribution >= 4 is 17.3 Å². The zero-order chi connectivity index (χ0) is 9.84. The van der Waals surface area contributed by atoms with Crippen LogP contribution in [-0.2, 0) is 4.79 Å². The molecule has 0 bridgehead atoms. The van der Waals surface area contributed by atoms with Crippen LogP contribution in [0.3, 0.4) is 0 Å². The number of carbonyl (C=O) groups is 1. The van der Waals surface area contributed by atoms with Crippen LogP contribution in [0, 0.1) is 6.92 Å². The number of aryl methyl sites for hydroxylation is 1. The molecule has 1 aromatic heterocycles. The molecular weight excluding hydrogens is 186 g/mol. The molecule has 0 saturated carbocycles. The number of hydrogen-bond acceptors (Lipinski definition) is 3. The van der Waals surface area contributed by atoms with Crippen molar-refractivity contribution in [3.63, 3.8) is 0 Å². The second-order valence-corrected chi connectivity index (χ2v) is 3.95. The molecule has 13 heavy (non-hydrogen) atoms.